The number of hydrogen-bond donors (Lipinski definition) is 1. The van der Waals surface area contributed by atoms with Crippen molar-refractivity contribution < 1.29 is 41.7 Å². The molecule has 0 aromatic carbocycles. The zero-order valence-electron chi connectivity index (χ0n) is 17.3. The summed E-state index contributed by atoms with van der Waals surface area (Å²) in [4.78, 5) is 29.6. The van der Waals surface area contributed by atoms with Gasteiger partial charge in [0.2, 0.25) is 0 Å². The normalized spacial score (nSPS) is 25.9. The van der Waals surface area contributed by atoms with Crippen molar-refractivity contribution >= 4 is 17.7 Å². The van der Waals surface area contributed by atoms with E-state index in [2.05, 4.69) is 4.98 Å². The predicted octanol–water partition coefficient (Wildman–Crippen LogP) is 2.23. The van der Waals surface area contributed by atoms with E-state index in [1.54, 1.807) is 12.3 Å². The maximum atomic E-state index is 14.1. The van der Waals surface area contributed by atoms with Crippen molar-refractivity contribution in [3.05, 3.63) is 24.1 Å². The van der Waals surface area contributed by atoms with E-state index in [4.69, 9.17) is 19.4 Å². The van der Waals surface area contributed by atoms with Crippen molar-refractivity contribution in [1.29, 1.82) is 0 Å². The number of piperidine rings is 1. The number of pyridine rings is 1. The summed E-state index contributed by atoms with van der Waals surface area (Å²) in [5, 5.41) is 7.12. The third-order valence-electron chi connectivity index (χ3n) is 5.59. The van der Waals surface area contributed by atoms with Gasteiger partial charge in [-0.25, -0.2) is 14.2 Å². The van der Waals surface area contributed by atoms with Crippen LogP contribution in [-0.2, 0) is 19.1 Å². The molecule has 1 unspecified atom stereocenters. The lowest BCUT2D eigenvalue weighted by atomic mass is 9.90. The lowest BCUT2D eigenvalue weighted by Crippen LogP contribution is -2.62. The Kier molecular flexibility index (Phi) is 7.55. The smallest absolute Gasteiger partial charge is 0.475 e. The summed E-state index contributed by atoms with van der Waals surface area (Å²) in [7, 11) is 0. The summed E-state index contributed by atoms with van der Waals surface area (Å²) < 4.78 is 57.5. The molecule has 2 atom stereocenters. The highest BCUT2D eigenvalue weighted by molar-refractivity contribution is 5.81. The Bertz CT molecular complexity index is 815. The first-order valence-corrected chi connectivity index (χ1v) is 10.3. The summed E-state index contributed by atoms with van der Waals surface area (Å²) in [6, 6.07) is 3.02. The van der Waals surface area contributed by atoms with E-state index in [1.807, 2.05) is 9.80 Å². The van der Waals surface area contributed by atoms with Gasteiger partial charge in [0, 0.05) is 25.9 Å². The van der Waals surface area contributed by atoms with E-state index in [0.717, 1.165) is 32.2 Å². The van der Waals surface area contributed by atoms with E-state index >= 15 is 0 Å². The number of carboxylic acids is 1. The SMILES string of the molecule is O=C(O)C(F)(F)F.O=C([C@H]1CCCO1)N1CCOC2(CCCN(c3ncccc3F)C2)C1. The zero-order valence-corrected chi connectivity index (χ0v) is 17.3. The molecule has 4 heterocycles. The number of carbonyl (C=O) groups is 2. The van der Waals surface area contributed by atoms with Gasteiger partial charge in [0.15, 0.2) is 11.6 Å². The molecule has 1 aromatic rings. The van der Waals surface area contributed by atoms with E-state index < -0.39 is 17.7 Å². The molecule has 1 aromatic heterocycles. The molecule has 0 saturated carbocycles. The van der Waals surface area contributed by atoms with Crippen molar-refractivity contribution in [2.24, 2.45) is 0 Å². The second-order valence-corrected chi connectivity index (χ2v) is 7.93. The number of anilines is 1. The quantitative estimate of drug-likeness (QED) is 0.673. The molecule has 0 aliphatic carbocycles. The van der Waals surface area contributed by atoms with Crippen molar-refractivity contribution in [3.8, 4) is 0 Å². The summed E-state index contributed by atoms with van der Waals surface area (Å²) >= 11 is 0. The van der Waals surface area contributed by atoms with E-state index in [-0.39, 0.29) is 17.8 Å². The maximum Gasteiger partial charge on any atom is 0.490 e. The van der Waals surface area contributed by atoms with Crippen LogP contribution in [0.25, 0.3) is 0 Å². The molecule has 3 fully saturated rings. The molecule has 0 bridgehead atoms. The first-order chi connectivity index (χ1) is 15.1. The number of nitrogens with zero attached hydrogens (tertiary/aromatic N) is 3. The number of carbonyl (C=O) groups excluding carboxylic acids is 1. The number of aliphatic carboxylic acids is 1. The molecule has 1 N–H and O–H groups in total. The van der Waals surface area contributed by atoms with Gasteiger partial charge in [-0.05, 0) is 37.8 Å². The summed E-state index contributed by atoms with van der Waals surface area (Å²) in [5.41, 5.74) is -0.450. The second-order valence-electron chi connectivity index (χ2n) is 7.93. The molecule has 1 spiro atoms. The molecule has 4 rings (SSSR count). The number of halogens is 4. The van der Waals surface area contributed by atoms with Crippen LogP contribution in [0.15, 0.2) is 18.3 Å². The van der Waals surface area contributed by atoms with Crippen LogP contribution in [0, 0.1) is 5.82 Å². The lowest BCUT2D eigenvalue weighted by Gasteiger charge is -2.48. The van der Waals surface area contributed by atoms with Gasteiger partial charge in [0.1, 0.15) is 11.7 Å². The summed E-state index contributed by atoms with van der Waals surface area (Å²) in [6.45, 7) is 3.61. The zero-order chi connectivity index (χ0) is 23.4. The molecule has 32 heavy (non-hydrogen) atoms. The van der Waals surface area contributed by atoms with Crippen molar-refractivity contribution in [2.75, 3.05) is 44.3 Å². The third kappa shape index (κ3) is 5.85. The fourth-order valence-corrected chi connectivity index (χ4v) is 4.14. The minimum absolute atomic E-state index is 0.0707. The average molecular weight is 463 g/mol. The van der Waals surface area contributed by atoms with Gasteiger partial charge in [-0.3, -0.25) is 4.79 Å². The summed E-state index contributed by atoms with van der Waals surface area (Å²) in [5.74, 6) is -2.63. The van der Waals surface area contributed by atoms with Gasteiger partial charge in [0.25, 0.3) is 5.91 Å². The number of hydrogen-bond acceptors (Lipinski definition) is 6. The highest BCUT2D eigenvalue weighted by Gasteiger charge is 2.44. The highest BCUT2D eigenvalue weighted by atomic mass is 19.4. The Morgan fingerprint density at radius 3 is 2.56 bits per heavy atom. The van der Waals surface area contributed by atoms with Crippen molar-refractivity contribution in [3.63, 3.8) is 0 Å². The fraction of sp³-hybridized carbons (Fsp3) is 0.650. The predicted molar refractivity (Wildman–Crippen MR) is 104 cm³/mol. The van der Waals surface area contributed by atoms with Gasteiger partial charge in [-0.2, -0.15) is 13.2 Å². The lowest BCUT2D eigenvalue weighted by molar-refractivity contribution is -0.192. The largest absolute Gasteiger partial charge is 0.490 e. The van der Waals surface area contributed by atoms with E-state index in [0.29, 0.717) is 38.7 Å². The number of rotatable bonds is 2. The van der Waals surface area contributed by atoms with Gasteiger partial charge in [-0.15, -0.1) is 0 Å². The van der Waals surface area contributed by atoms with Gasteiger partial charge < -0.3 is 24.4 Å². The molecule has 12 heteroatoms. The van der Waals surface area contributed by atoms with Crippen molar-refractivity contribution in [2.45, 2.75) is 43.6 Å². The Labute approximate surface area is 182 Å². The van der Waals surface area contributed by atoms with Crippen LogP contribution in [0.3, 0.4) is 0 Å². The van der Waals surface area contributed by atoms with Crippen molar-refractivity contribution in [1.82, 2.24) is 9.88 Å². The molecular formula is C20H25F4N3O5. The number of morpholine rings is 1. The topological polar surface area (TPSA) is 92.2 Å². The van der Waals surface area contributed by atoms with E-state index in [9.17, 15) is 22.4 Å². The van der Waals surface area contributed by atoms with Gasteiger partial charge >= 0.3 is 12.1 Å². The standard InChI is InChI=1S/C18H24FN3O3.C2HF3O2/c19-14-4-1-7-20-16(14)21-8-3-6-18(12-21)13-22(9-11-25-18)17(23)15-5-2-10-24-15;3-2(4,5)1(6)7/h1,4,7,15H,2-3,5-6,8-13H2;(H,6,7)/t15-,18?;/m1./s1. The van der Waals surface area contributed by atoms with Crippen LogP contribution in [-0.4, -0.2) is 84.1 Å². The molecule has 8 nitrogen and oxygen atoms in total. The van der Waals surface area contributed by atoms with Crippen LogP contribution in [0.1, 0.15) is 25.7 Å². The maximum absolute atomic E-state index is 14.1. The second kappa shape index (κ2) is 9.99. The van der Waals surface area contributed by atoms with Crippen LogP contribution in [0.5, 0.6) is 0 Å². The highest BCUT2D eigenvalue weighted by Crippen LogP contribution is 2.32. The van der Waals surface area contributed by atoms with Crippen LogP contribution >= 0.6 is 0 Å². The minimum atomic E-state index is -5.08. The molecule has 3 aliphatic heterocycles. The third-order valence-corrected chi connectivity index (χ3v) is 5.59. The van der Waals surface area contributed by atoms with E-state index in [1.165, 1.54) is 6.07 Å². The molecule has 3 aliphatic rings. The monoisotopic (exact) mass is 463 g/mol. The van der Waals surface area contributed by atoms with Gasteiger partial charge in [-0.1, -0.05) is 0 Å². The number of aromatic nitrogens is 1. The molecule has 3 saturated heterocycles. The molecule has 178 valence electrons. The first kappa shape index (κ1) is 24.2. The van der Waals surface area contributed by atoms with Gasteiger partial charge in [0.05, 0.1) is 19.7 Å². The molecule has 1 amide bonds. The number of ether oxygens (including phenoxy) is 2. The van der Waals surface area contributed by atoms with Crippen LogP contribution < -0.4 is 4.90 Å². The number of amides is 1. The first-order valence-electron chi connectivity index (χ1n) is 10.3. The average Bonchev–Trinajstić information content (AvgIpc) is 3.28. The Balaban J connectivity index is 0.000000360. The van der Waals surface area contributed by atoms with Crippen LogP contribution in [0.2, 0.25) is 0 Å². The Morgan fingerprint density at radius 2 is 1.94 bits per heavy atom. The molecular weight excluding hydrogens is 438 g/mol. The van der Waals surface area contributed by atoms with Crippen LogP contribution in [0.4, 0.5) is 23.4 Å². The Morgan fingerprint density at radius 1 is 1.19 bits per heavy atom. The summed E-state index contributed by atoms with van der Waals surface area (Å²) in [6.07, 6.45) is -0.282. The minimum Gasteiger partial charge on any atom is -0.475 e. The Hall–Kier alpha value is -2.47. The fourth-order valence-electron chi connectivity index (χ4n) is 4.14. The number of alkyl halides is 3. The number of carboxylic acid groups (broad SMARTS) is 1. The molecule has 0 radical (unpaired) electrons.